The Hall–Kier alpha value is -3.14. The van der Waals surface area contributed by atoms with Crippen molar-refractivity contribution in [2.45, 2.75) is 13.8 Å². The normalized spacial score (nSPS) is 9.69. The molecule has 4 heteroatoms. The molecule has 0 bridgehead atoms. The number of ether oxygens (including phenoxy) is 2. The average molecular weight is 350 g/mol. The van der Waals surface area contributed by atoms with Gasteiger partial charge in [-0.3, -0.25) is 0 Å². The summed E-state index contributed by atoms with van der Waals surface area (Å²) >= 11 is 0. The maximum Gasteiger partial charge on any atom is 0.119 e. The van der Waals surface area contributed by atoms with Crippen LogP contribution in [0.5, 0.6) is 11.5 Å². The molecule has 0 fully saturated rings. The second-order valence-electron chi connectivity index (χ2n) is 5.32. The van der Waals surface area contributed by atoms with E-state index in [4.69, 9.17) is 15.2 Å². The molecule has 0 aromatic heterocycles. The van der Waals surface area contributed by atoms with E-state index in [1.807, 2.05) is 86.6 Å². The molecule has 26 heavy (non-hydrogen) atoms. The lowest BCUT2D eigenvalue weighted by atomic mass is 10.2. The van der Waals surface area contributed by atoms with E-state index in [0.717, 1.165) is 34.2 Å². The van der Waals surface area contributed by atoms with Gasteiger partial charge in [-0.05, 0) is 72.8 Å². The van der Waals surface area contributed by atoms with E-state index >= 15 is 0 Å². The van der Waals surface area contributed by atoms with E-state index in [9.17, 15) is 0 Å². The van der Waals surface area contributed by atoms with Crippen molar-refractivity contribution in [3.05, 3.63) is 72.8 Å². The number of rotatable bonds is 5. The van der Waals surface area contributed by atoms with Crippen molar-refractivity contribution in [2.75, 3.05) is 24.9 Å². The minimum atomic E-state index is 0.739. The van der Waals surface area contributed by atoms with Crippen molar-refractivity contribution in [3.63, 3.8) is 0 Å². The van der Waals surface area contributed by atoms with Crippen molar-refractivity contribution >= 4 is 22.7 Å². The number of hydrogen-bond donors (Lipinski definition) is 1. The number of nitrogen functional groups attached to an aromatic ring is 1. The van der Waals surface area contributed by atoms with Crippen LogP contribution in [-0.2, 0) is 0 Å². The van der Waals surface area contributed by atoms with Crippen LogP contribution in [-0.4, -0.2) is 14.2 Å². The fourth-order valence-electron chi connectivity index (χ4n) is 2.53. The molecule has 0 amide bonds. The Morgan fingerprint density at radius 3 is 1.19 bits per heavy atom. The number of hydrogen-bond acceptors (Lipinski definition) is 4. The molecule has 0 aliphatic rings. The van der Waals surface area contributed by atoms with Crippen molar-refractivity contribution in [2.24, 2.45) is 0 Å². The molecule has 0 radical (unpaired) electrons. The summed E-state index contributed by atoms with van der Waals surface area (Å²) < 4.78 is 10.5. The van der Waals surface area contributed by atoms with Gasteiger partial charge in [0, 0.05) is 22.7 Å². The molecular formula is C22H26N2O2. The highest BCUT2D eigenvalue weighted by molar-refractivity contribution is 5.77. The number of nitrogens with zero attached hydrogens (tertiary/aromatic N) is 1. The van der Waals surface area contributed by atoms with Gasteiger partial charge in [0.2, 0.25) is 0 Å². The van der Waals surface area contributed by atoms with Crippen molar-refractivity contribution < 1.29 is 9.47 Å². The summed E-state index contributed by atoms with van der Waals surface area (Å²) in [5.41, 5.74) is 9.66. The smallest absolute Gasteiger partial charge is 0.119 e. The van der Waals surface area contributed by atoms with E-state index in [1.165, 1.54) is 0 Å². The van der Waals surface area contributed by atoms with Gasteiger partial charge < -0.3 is 20.1 Å². The second-order valence-corrected chi connectivity index (χ2v) is 5.32. The highest BCUT2D eigenvalue weighted by Crippen LogP contribution is 2.36. The Morgan fingerprint density at radius 2 is 0.885 bits per heavy atom. The first kappa shape index (κ1) is 19.2. The Morgan fingerprint density at radius 1 is 0.577 bits per heavy atom. The number of methoxy groups -OCH3 is 2. The first-order chi connectivity index (χ1) is 12.7. The minimum absolute atomic E-state index is 0.739. The average Bonchev–Trinajstić information content (AvgIpc) is 2.72. The molecule has 2 N–H and O–H groups in total. The highest BCUT2D eigenvalue weighted by atomic mass is 16.5. The summed E-state index contributed by atoms with van der Waals surface area (Å²) in [5, 5.41) is 0. The minimum Gasteiger partial charge on any atom is -0.497 e. The van der Waals surface area contributed by atoms with Gasteiger partial charge in [-0.2, -0.15) is 0 Å². The standard InChI is InChI=1S/C20H20N2O2.C2H6/c1-23-19-11-7-17(8-12-19)22(16-5-3-15(21)4-6-16)18-9-13-20(24-2)14-10-18;1-2/h3-14H,21H2,1-2H3;1-2H3. The molecule has 136 valence electrons. The fourth-order valence-corrected chi connectivity index (χ4v) is 2.53. The topological polar surface area (TPSA) is 47.7 Å². The van der Waals surface area contributed by atoms with E-state index < -0.39 is 0 Å². The van der Waals surface area contributed by atoms with E-state index in [1.54, 1.807) is 14.2 Å². The molecule has 0 unspecified atom stereocenters. The molecule has 0 spiro atoms. The molecule has 0 saturated carbocycles. The molecule has 0 atom stereocenters. The molecule has 0 aliphatic carbocycles. The third-order valence-corrected chi connectivity index (χ3v) is 3.81. The van der Waals surface area contributed by atoms with Gasteiger partial charge in [0.1, 0.15) is 11.5 Å². The number of anilines is 4. The first-order valence-corrected chi connectivity index (χ1v) is 8.65. The van der Waals surface area contributed by atoms with E-state index in [0.29, 0.717) is 0 Å². The first-order valence-electron chi connectivity index (χ1n) is 8.65. The fraction of sp³-hybridized carbons (Fsp3) is 0.182. The number of benzene rings is 3. The molecule has 0 saturated heterocycles. The maximum absolute atomic E-state index is 5.83. The predicted octanol–water partition coefficient (Wildman–Crippen LogP) is 5.78. The third kappa shape index (κ3) is 4.48. The molecule has 0 aliphatic heterocycles. The lowest BCUT2D eigenvalue weighted by molar-refractivity contribution is 0.415. The van der Waals surface area contributed by atoms with Crippen molar-refractivity contribution in [1.29, 1.82) is 0 Å². The second kappa shape index (κ2) is 9.37. The lowest BCUT2D eigenvalue weighted by Gasteiger charge is -2.25. The van der Waals surface area contributed by atoms with Crippen molar-refractivity contribution in [3.8, 4) is 11.5 Å². The molecule has 4 nitrogen and oxygen atoms in total. The SMILES string of the molecule is CC.COc1ccc(N(c2ccc(N)cc2)c2ccc(OC)cc2)cc1. The Balaban J connectivity index is 0.00000117. The zero-order chi connectivity index (χ0) is 18.9. The number of nitrogens with two attached hydrogens (primary N) is 1. The maximum atomic E-state index is 5.83. The van der Waals surface area contributed by atoms with Gasteiger partial charge >= 0.3 is 0 Å². The zero-order valence-corrected chi connectivity index (χ0v) is 15.8. The zero-order valence-electron chi connectivity index (χ0n) is 15.8. The summed E-state index contributed by atoms with van der Waals surface area (Å²) in [6, 6.07) is 23.7. The molecular weight excluding hydrogens is 324 g/mol. The van der Waals surface area contributed by atoms with Crippen LogP contribution in [0.4, 0.5) is 22.7 Å². The largest absolute Gasteiger partial charge is 0.497 e. The summed E-state index contributed by atoms with van der Waals surface area (Å²) in [6.45, 7) is 4.00. The van der Waals surface area contributed by atoms with E-state index in [2.05, 4.69) is 4.90 Å². The van der Waals surface area contributed by atoms with Gasteiger partial charge in [-0.1, -0.05) is 13.8 Å². The third-order valence-electron chi connectivity index (χ3n) is 3.81. The highest BCUT2D eigenvalue weighted by Gasteiger charge is 2.12. The van der Waals surface area contributed by atoms with Gasteiger partial charge in [0.25, 0.3) is 0 Å². The molecule has 3 aromatic carbocycles. The van der Waals surface area contributed by atoms with Gasteiger partial charge in [0.15, 0.2) is 0 Å². The molecule has 3 aromatic rings. The summed E-state index contributed by atoms with van der Waals surface area (Å²) in [4.78, 5) is 2.15. The van der Waals surface area contributed by atoms with E-state index in [-0.39, 0.29) is 0 Å². The summed E-state index contributed by atoms with van der Waals surface area (Å²) in [7, 11) is 3.33. The predicted molar refractivity (Wildman–Crippen MR) is 110 cm³/mol. The summed E-state index contributed by atoms with van der Waals surface area (Å²) in [6.07, 6.45) is 0. The van der Waals surface area contributed by atoms with Crippen LogP contribution in [0.15, 0.2) is 72.8 Å². The quantitative estimate of drug-likeness (QED) is 0.592. The van der Waals surface area contributed by atoms with Crippen LogP contribution in [0.2, 0.25) is 0 Å². The van der Waals surface area contributed by atoms with Gasteiger partial charge in [-0.15, -0.1) is 0 Å². The van der Waals surface area contributed by atoms with Gasteiger partial charge in [-0.25, -0.2) is 0 Å². The van der Waals surface area contributed by atoms with Crippen LogP contribution in [0.25, 0.3) is 0 Å². The van der Waals surface area contributed by atoms with Crippen LogP contribution in [0.3, 0.4) is 0 Å². The lowest BCUT2D eigenvalue weighted by Crippen LogP contribution is -2.09. The molecule has 3 rings (SSSR count). The Bertz CT molecular complexity index is 734. The van der Waals surface area contributed by atoms with Crippen LogP contribution in [0.1, 0.15) is 13.8 Å². The molecule has 0 heterocycles. The van der Waals surface area contributed by atoms with Crippen LogP contribution < -0.4 is 20.1 Å². The van der Waals surface area contributed by atoms with Gasteiger partial charge in [0.05, 0.1) is 14.2 Å². The van der Waals surface area contributed by atoms with Crippen LogP contribution in [0, 0.1) is 0 Å². The van der Waals surface area contributed by atoms with Crippen LogP contribution >= 0.6 is 0 Å². The summed E-state index contributed by atoms with van der Waals surface area (Å²) in [5.74, 6) is 1.65. The van der Waals surface area contributed by atoms with Crippen molar-refractivity contribution in [1.82, 2.24) is 0 Å². The Kier molecular flexibility index (Phi) is 6.92. The Labute approximate surface area is 155 Å². The monoisotopic (exact) mass is 350 g/mol.